The van der Waals surface area contributed by atoms with Crippen molar-refractivity contribution in [1.29, 1.82) is 0 Å². The third-order valence-corrected chi connectivity index (χ3v) is 0.997. The first-order valence-electron chi connectivity index (χ1n) is 3.25. The van der Waals surface area contributed by atoms with Crippen molar-refractivity contribution in [2.75, 3.05) is 0 Å². The van der Waals surface area contributed by atoms with Crippen LogP contribution in [0, 0.1) is 0 Å². The van der Waals surface area contributed by atoms with E-state index in [-0.39, 0.29) is 5.57 Å². The lowest BCUT2D eigenvalue weighted by Gasteiger charge is -1.88. The molecule has 0 amide bonds. The van der Waals surface area contributed by atoms with Crippen LogP contribution in [0.5, 0.6) is 0 Å². The molecule has 0 aromatic carbocycles. The molecule has 2 heteroatoms. The number of carbonyl (C=O) groups excluding carboxylic acids is 1. The molecule has 0 aromatic heterocycles. The summed E-state index contributed by atoms with van der Waals surface area (Å²) in [6, 6.07) is -1.36. The normalized spacial score (nSPS) is 12.5. The monoisotopic (exact) mass is 142 g/mol. The van der Waals surface area contributed by atoms with Crippen LogP contribution in [0.15, 0.2) is 23.8 Å². The summed E-state index contributed by atoms with van der Waals surface area (Å²) in [5, 5.41) is 0. The summed E-state index contributed by atoms with van der Waals surface area (Å²) in [4.78, 5) is 10.1. The van der Waals surface area contributed by atoms with E-state index in [2.05, 4.69) is 0 Å². The summed E-state index contributed by atoms with van der Waals surface area (Å²) in [6.45, 7) is 3.60. The molecule has 0 spiro atoms. The summed E-state index contributed by atoms with van der Waals surface area (Å²) in [5.74, 6) is 0. The lowest BCUT2D eigenvalue weighted by molar-refractivity contribution is -0.124. The van der Waals surface area contributed by atoms with Crippen LogP contribution < -0.4 is 0 Å². The van der Waals surface area contributed by atoms with Crippen LogP contribution >= 0.6 is 0 Å². The van der Waals surface area contributed by atoms with Crippen LogP contribution in [-0.2, 0) is 4.79 Å². The van der Waals surface area contributed by atoms with Gasteiger partial charge >= 0.3 is 6.04 Å². The highest BCUT2D eigenvalue weighted by Gasteiger charge is 2.00. The van der Waals surface area contributed by atoms with Crippen molar-refractivity contribution in [2.24, 2.45) is 0 Å². The fourth-order valence-corrected chi connectivity index (χ4v) is 0.613. The minimum absolute atomic E-state index is 0.144. The highest BCUT2D eigenvalue weighted by molar-refractivity contribution is 5.90. The minimum Gasteiger partial charge on any atom is -0.255 e. The van der Waals surface area contributed by atoms with E-state index < -0.39 is 6.04 Å². The predicted octanol–water partition coefficient (Wildman–Crippen LogP) is 2.40. The number of hydrogen-bond donors (Lipinski definition) is 0. The summed E-state index contributed by atoms with van der Waals surface area (Å²) in [7, 11) is 0. The highest BCUT2D eigenvalue weighted by atomic mass is 19.1. The average Bonchev–Trinajstić information content (AvgIpc) is 1.87. The molecule has 0 fully saturated rings. The molecule has 0 atom stereocenters. The van der Waals surface area contributed by atoms with Gasteiger partial charge in [-0.25, -0.2) is 0 Å². The molecule has 10 heavy (non-hydrogen) atoms. The smallest absolute Gasteiger partial charge is 0.255 e. The van der Waals surface area contributed by atoms with Gasteiger partial charge in [0.2, 0.25) is 0 Å². The van der Waals surface area contributed by atoms with Gasteiger partial charge in [-0.2, -0.15) is 4.39 Å². The number of hydrogen-bond acceptors (Lipinski definition) is 1. The Morgan fingerprint density at radius 2 is 2.20 bits per heavy atom. The average molecular weight is 142 g/mol. The van der Waals surface area contributed by atoms with Crippen LogP contribution in [0.3, 0.4) is 0 Å². The Morgan fingerprint density at radius 3 is 2.50 bits per heavy atom. The number of allylic oxidation sites excluding steroid dienone is 4. The van der Waals surface area contributed by atoms with Gasteiger partial charge in [-0.15, -0.1) is 0 Å². The Bertz CT molecular complexity index is 168. The van der Waals surface area contributed by atoms with Gasteiger partial charge in [0.15, 0.2) is 0 Å². The second-order valence-corrected chi connectivity index (χ2v) is 1.84. The molecule has 0 radical (unpaired) electrons. The van der Waals surface area contributed by atoms with Gasteiger partial charge in [0.25, 0.3) is 0 Å². The summed E-state index contributed by atoms with van der Waals surface area (Å²) >= 11 is 0. The first-order valence-corrected chi connectivity index (χ1v) is 3.25. The SMILES string of the molecule is C/C=C\C(=C/CC)C(=O)F. The van der Waals surface area contributed by atoms with E-state index in [0.29, 0.717) is 6.42 Å². The Kier molecular flexibility index (Phi) is 4.46. The van der Waals surface area contributed by atoms with Crippen LogP contribution in [0.4, 0.5) is 4.39 Å². The van der Waals surface area contributed by atoms with Gasteiger partial charge in [0, 0.05) is 5.57 Å². The predicted molar refractivity (Wildman–Crippen MR) is 39.3 cm³/mol. The molecule has 56 valence electrons. The van der Waals surface area contributed by atoms with Crippen LogP contribution in [0.25, 0.3) is 0 Å². The van der Waals surface area contributed by atoms with Gasteiger partial charge in [-0.3, -0.25) is 4.79 Å². The van der Waals surface area contributed by atoms with E-state index in [4.69, 9.17) is 0 Å². The number of carbonyl (C=O) groups is 1. The first kappa shape index (κ1) is 9.08. The molecule has 0 N–H and O–H groups in total. The van der Waals surface area contributed by atoms with Gasteiger partial charge in [0.05, 0.1) is 0 Å². The highest BCUT2D eigenvalue weighted by Crippen LogP contribution is 2.01. The molecule has 0 aromatic rings. The van der Waals surface area contributed by atoms with Crippen molar-refractivity contribution >= 4 is 6.04 Å². The molecule has 0 rings (SSSR count). The van der Waals surface area contributed by atoms with Gasteiger partial charge in [-0.1, -0.05) is 25.2 Å². The van der Waals surface area contributed by atoms with Crippen molar-refractivity contribution < 1.29 is 9.18 Å². The van der Waals surface area contributed by atoms with E-state index in [9.17, 15) is 9.18 Å². The van der Waals surface area contributed by atoms with Gasteiger partial charge < -0.3 is 0 Å². The molecule has 0 saturated heterocycles. The molecular formula is C8H11FO. The summed E-state index contributed by atoms with van der Waals surface area (Å²) in [5.41, 5.74) is 0.144. The molecule has 0 aliphatic carbocycles. The quantitative estimate of drug-likeness (QED) is 0.336. The molecule has 0 aliphatic heterocycles. The summed E-state index contributed by atoms with van der Waals surface area (Å²) in [6.07, 6.45) is 5.34. The van der Waals surface area contributed by atoms with Crippen LogP contribution in [0.1, 0.15) is 20.3 Å². The molecule has 0 heterocycles. The molecule has 1 nitrogen and oxygen atoms in total. The maximum atomic E-state index is 12.0. The second kappa shape index (κ2) is 4.91. The third-order valence-electron chi connectivity index (χ3n) is 0.997. The maximum Gasteiger partial charge on any atom is 0.331 e. The fourth-order valence-electron chi connectivity index (χ4n) is 0.613. The minimum atomic E-state index is -1.36. The zero-order valence-corrected chi connectivity index (χ0v) is 6.23. The van der Waals surface area contributed by atoms with Crippen LogP contribution in [-0.4, -0.2) is 6.04 Å². The molecule has 0 aliphatic rings. The van der Waals surface area contributed by atoms with Gasteiger partial charge in [0.1, 0.15) is 0 Å². The Hall–Kier alpha value is -0.920. The van der Waals surface area contributed by atoms with Crippen molar-refractivity contribution in [2.45, 2.75) is 20.3 Å². The van der Waals surface area contributed by atoms with Crippen molar-refractivity contribution in [1.82, 2.24) is 0 Å². The summed E-state index contributed by atoms with van der Waals surface area (Å²) < 4.78 is 12.0. The fraction of sp³-hybridized carbons (Fsp3) is 0.375. The van der Waals surface area contributed by atoms with Gasteiger partial charge in [-0.05, 0) is 13.3 Å². The van der Waals surface area contributed by atoms with E-state index in [1.165, 1.54) is 6.08 Å². The topological polar surface area (TPSA) is 17.1 Å². The van der Waals surface area contributed by atoms with Crippen molar-refractivity contribution in [3.63, 3.8) is 0 Å². The Balaban J connectivity index is 4.26. The maximum absolute atomic E-state index is 12.0. The standard InChI is InChI=1S/C8H11FO/c1-3-5-7(6-4-2)8(9)10/h3,5-6H,4H2,1-2H3/b5-3-,7-6+. The largest absolute Gasteiger partial charge is 0.331 e. The van der Waals surface area contributed by atoms with Crippen molar-refractivity contribution in [3.05, 3.63) is 23.8 Å². The van der Waals surface area contributed by atoms with Crippen LogP contribution in [0.2, 0.25) is 0 Å². The molecule has 0 bridgehead atoms. The van der Waals surface area contributed by atoms with E-state index in [1.807, 2.05) is 6.92 Å². The molecule has 0 saturated carbocycles. The number of halogens is 1. The third kappa shape index (κ3) is 3.17. The van der Waals surface area contributed by atoms with E-state index in [1.54, 1.807) is 19.1 Å². The Labute approximate surface area is 60.2 Å². The zero-order chi connectivity index (χ0) is 7.98. The van der Waals surface area contributed by atoms with Crippen molar-refractivity contribution in [3.8, 4) is 0 Å². The van der Waals surface area contributed by atoms with E-state index >= 15 is 0 Å². The van der Waals surface area contributed by atoms with E-state index in [0.717, 1.165) is 0 Å². The zero-order valence-electron chi connectivity index (χ0n) is 6.23. The Morgan fingerprint density at radius 1 is 1.60 bits per heavy atom. The molecular weight excluding hydrogens is 131 g/mol. The molecule has 0 unspecified atom stereocenters. The second-order valence-electron chi connectivity index (χ2n) is 1.84. The number of rotatable bonds is 3. The lowest BCUT2D eigenvalue weighted by Crippen LogP contribution is -1.89. The lowest BCUT2D eigenvalue weighted by atomic mass is 10.2. The first-order chi connectivity index (χ1) is 4.72.